The second-order valence-corrected chi connectivity index (χ2v) is 8.57. The minimum atomic E-state index is -4.49. The lowest BCUT2D eigenvalue weighted by Gasteiger charge is -2.21. The molecule has 4 N–H and O–H groups in total. The zero-order chi connectivity index (χ0) is 24.6. The molecule has 1 saturated heterocycles. The quantitative estimate of drug-likeness (QED) is 0.484. The number of benzene rings is 1. The highest BCUT2D eigenvalue weighted by Gasteiger charge is 2.31. The van der Waals surface area contributed by atoms with Crippen LogP contribution in [-0.2, 0) is 11.0 Å². The van der Waals surface area contributed by atoms with Crippen LogP contribution < -0.4 is 21.3 Å². The maximum absolute atomic E-state index is 13.3. The Hall–Kier alpha value is -3.63. The summed E-state index contributed by atoms with van der Waals surface area (Å²) >= 11 is 0. The summed E-state index contributed by atoms with van der Waals surface area (Å²) in [5, 5.41) is 6.79. The van der Waals surface area contributed by atoms with Gasteiger partial charge in [-0.25, -0.2) is 15.0 Å². The topological polar surface area (TPSA) is 109 Å². The molecule has 1 amide bonds. The monoisotopic (exact) mass is 473 g/mol. The van der Waals surface area contributed by atoms with E-state index in [1.807, 2.05) is 6.07 Å². The zero-order valence-corrected chi connectivity index (χ0v) is 19.1. The smallest absolute Gasteiger partial charge is 0.399 e. The van der Waals surface area contributed by atoms with Gasteiger partial charge in [-0.05, 0) is 50.1 Å². The van der Waals surface area contributed by atoms with Gasteiger partial charge in [-0.15, -0.1) is 0 Å². The van der Waals surface area contributed by atoms with Crippen molar-refractivity contribution >= 4 is 34.1 Å². The maximum atomic E-state index is 13.3. The lowest BCUT2D eigenvalue weighted by molar-refractivity contribution is -0.137. The van der Waals surface area contributed by atoms with Crippen molar-refractivity contribution in [3.8, 4) is 0 Å². The number of nitrogens with zero attached hydrogens (tertiary/aromatic N) is 4. The average molecular weight is 474 g/mol. The standard InChI is InChI=1S/C23H26F3N7O/c1-12(15-6-16(23(24,25)26)8-17(27)7-15)29-22-20-9-19(10-28-21(20)30-13(2)31-22)33-5-4-18(11-33)32-14(3)34/h6-10,12,18H,4-5,11,27H2,1-3H3,(H,32,34)(H,28,29,30,31)/t12-,18-/m1/s1. The van der Waals surface area contributed by atoms with Crippen LogP contribution in [0.3, 0.4) is 0 Å². The van der Waals surface area contributed by atoms with Gasteiger partial charge >= 0.3 is 6.18 Å². The maximum Gasteiger partial charge on any atom is 0.416 e. The molecule has 1 aliphatic rings. The molecule has 34 heavy (non-hydrogen) atoms. The summed E-state index contributed by atoms with van der Waals surface area (Å²) in [5.74, 6) is 0.888. The van der Waals surface area contributed by atoms with E-state index in [4.69, 9.17) is 5.73 Å². The van der Waals surface area contributed by atoms with Crippen molar-refractivity contribution in [1.82, 2.24) is 20.3 Å². The molecule has 1 aliphatic heterocycles. The highest BCUT2D eigenvalue weighted by atomic mass is 19.4. The van der Waals surface area contributed by atoms with Crippen LogP contribution in [0.4, 0.5) is 30.4 Å². The Morgan fingerprint density at radius 2 is 2.00 bits per heavy atom. The number of hydrogen-bond acceptors (Lipinski definition) is 7. The normalized spacial score (nSPS) is 17.1. The Morgan fingerprint density at radius 3 is 2.71 bits per heavy atom. The molecule has 0 unspecified atom stereocenters. The second kappa shape index (κ2) is 8.96. The number of aromatic nitrogens is 3. The molecule has 3 aromatic rings. The minimum absolute atomic E-state index is 0.0360. The third kappa shape index (κ3) is 5.13. The van der Waals surface area contributed by atoms with E-state index in [0.717, 1.165) is 30.8 Å². The number of aryl methyl sites for hydroxylation is 1. The van der Waals surface area contributed by atoms with Crippen LogP contribution in [0, 0.1) is 6.92 Å². The second-order valence-electron chi connectivity index (χ2n) is 8.57. The molecule has 1 aromatic carbocycles. The first-order valence-electron chi connectivity index (χ1n) is 10.9. The summed E-state index contributed by atoms with van der Waals surface area (Å²) in [5.41, 5.74) is 6.69. The summed E-state index contributed by atoms with van der Waals surface area (Å²) in [7, 11) is 0. The minimum Gasteiger partial charge on any atom is -0.399 e. The molecule has 2 aromatic heterocycles. The lowest BCUT2D eigenvalue weighted by atomic mass is 10.0. The van der Waals surface area contributed by atoms with Gasteiger partial charge in [0, 0.05) is 31.7 Å². The molecule has 3 heterocycles. The van der Waals surface area contributed by atoms with Crippen molar-refractivity contribution in [2.45, 2.75) is 45.5 Å². The number of pyridine rings is 1. The van der Waals surface area contributed by atoms with E-state index >= 15 is 0 Å². The molecule has 180 valence electrons. The van der Waals surface area contributed by atoms with Crippen LogP contribution in [0.25, 0.3) is 11.0 Å². The Labute approximate surface area is 194 Å². The number of nitrogens with two attached hydrogens (primary N) is 1. The van der Waals surface area contributed by atoms with Gasteiger partial charge in [0.1, 0.15) is 11.6 Å². The van der Waals surface area contributed by atoms with Gasteiger partial charge in [0.25, 0.3) is 0 Å². The third-order valence-corrected chi connectivity index (χ3v) is 5.77. The van der Waals surface area contributed by atoms with Crippen molar-refractivity contribution in [1.29, 1.82) is 0 Å². The van der Waals surface area contributed by atoms with Gasteiger partial charge in [0.2, 0.25) is 5.91 Å². The Balaban J connectivity index is 1.64. The number of hydrogen-bond donors (Lipinski definition) is 3. The van der Waals surface area contributed by atoms with E-state index in [0.29, 0.717) is 34.8 Å². The van der Waals surface area contributed by atoms with E-state index in [9.17, 15) is 18.0 Å². The summed E-state index contributed by atoms with van der Waals surface area (Å²) in [6.45, 7) is 6.38. The molecule has 4 rings (SSSR count). The SMILES string of the molecule is CC(=O)N[C@@H]1CCN(c2cnc3nc(C)nc(N[C@H](C)c4cc(N)cc(C(F)(F)F)c4)c3c2)C1. The first kappa shape index (κ1) is 23.5. The predicted octanol–water partition coefficient (Wildman–Crippen LogP) is 3.82. The van der Waals surface area contributed by atoms with Gasteiger partial charge in [-0.3, -0.25) is 4.79 Å². The highest BCUT2D eigenvalue weighted by Crippen LogP contribution is 2.34. The van der Waals surface area contributed by atoms with Crippen molar-refractivity contribution in [2.75, 3.05) is 29.0 Å². The van der Waals surface area contributed by atoms with Crippen LogP contribution in [0.15, 0.2) is 30.5 Å². The zero-order valence-electron chi connectivity index (χ0n) is 19.1. The van der Waals surface area contributed by atoms with Crippen LogP contribution in [0.5, 0.6) is 0 Å². The van der Waals surface area contributed by atoms with Crippen LogP contribution in [0.2, 0.25) is 0 Å². The Bertz CT molecular complexity index is 1230. The summed E-state index contributed by atoms with van der Waals surface area (Å²) in [4.78, 5) is 26.9. The number of amides is 1. The van der Waals surface area contributed by atoms with E-state index in [-0.39, 0.29) is 17.6 Å². The molecule has 8 nitrogen and oxygen atoms in total. The van der Waals surface area contributed by atoms with Crippen molar-refractivity contribution in [3.63, 3.8) is 0 Å². The average Bonchev–Trinajstić information content (AvgIpc) is 3.20. The van der Waals surface area contributed by atoms with Crippen LogP contribution in [-0.4, -0.2) is 40.0 Å². The van der Waals surface area contributed by atoms with Crippen molar-refractivity contribution in [3.05, 3.63) is 47.4 Å². The van der Waals surface area contributed by atoms with Crippen LogP contribution >= 0.6 is 0 Å². The predicted molar refractivity (Wildman–Crippen MR) is 124 cm³/mol. The van der Waals surface area contributed by atoms with Crippen molar-refractivity contribution < 1.29 is 18.0 Å². The van der Waals surface area contributed by atoms with E-state index in [1.54, 1.807) is 20.0 Å². The van der Waals surface area contributed by atoms with Gasteiger partial charge < -0.3 is 21.3 Å². The number of fused-ring (bicyclic) bond motifs is 1. The number of anilines is 3. The van der Waals surface area contributed by atoms with Gasteiger partial charge in [0.15, 0.2) is 5.65 Å². The Kier molecular flexibility index (Phi) is 6.20. The number of alkyl halides is 3. The molecule has 11 heteroatoms. The van der Waals surface area contributed by atoms with Gasteiger partial charge in [-0.1, -0.05) is 0 Å². The highest BCUT2D eigenvalue weighted by molar-refractivity contribution is 5.89. The summed E-state index contributed by atoms with van der Waals surface area (Å²) in [6, 6.07) is 4.97. The number of carbonyl (C=O) groups is 1. The van der Waals surface area contributed by atoms with E-state index < -0.39 is 17.8 Å². The molecule has 0 aliphatic carbocycles. The molecule has 0 saturated carbocycles. The molecule has 0 spiro atoms. The fourth-order valence-corrected chi connectivity index (χ4v) is 4.17. The fraction of sp³-hybridized carbons (Fsp3) is 0.391. The molecule has 1 fully saturated rings. The summed E-state index contributed by atoms with van der Waals surface area (Å²) in [6.07, 6.45) is -1.95. The number of rotatable bonds is 5. The number of carbonyl (C=O) groups excluding carboxylic acids is 1. The number of nitrogens with one attached hydrogen (secondary N) is 2. The van der Waals surface area contributed by atoms with Gasteiger partial charge in [0.05, 0.1) is 28.9 Å². The van der Waals surface area contributed by atoms with E-state index in [1.165, 1.54) is 13.0 Å². The van der Waals surface area contributed by atoms with Gasteiger partial charge in [-0.2, -0.15) is 13.2 Å². The largest absolute Gasteiger partial charge is 0.416 e. The van der Waals surface area contributed by atoms with E-state index in [2.05, 4.69) is 30.5 Å². The Morgan fingerprint density at radius 1 is 1.24 bits per heavy atom. The first-order valence-corrected chi connectivity index (χ1v) is 10.9. The fourth-order valence-electron chi connectivity index (χ4n) is 4.17. The van der Waals surface area contributed by atoms with Crippen LogP contribution in [0.1, 0.15) is 43.3 Å². The van der Waals surface area contributed by atoms with Crippen molar-refractivity contribution in [2.24, 2.45) is 0 Å². The molecule has 0 bridgehead atoms. The summed E-state index contributed by atoms with van der Waals surface area (Å²) < 4.78 is 39.8. The lowest BCUT2D eigenvalue weighted by Crippen LogP contribution is -2.35. The molecule has 2 atom stereocenters. The number of nitrogen functional groups attached to an aromatic ring is 1. The number of halogens is 3. The molecular weight excluding hydrogens is 447 g/mol. The third-order valence-electron chi connectivity index (χ3n) is 5.77. The molecular formula is C23H26F3N7O. The molecule has 0 radical (unpaired) electrons. The first-order chi connectivity index (χ1) is 16.0.